The minimum atomic E-state index is -0.872. The van der Waals surface area contributed by atoms with Gasteiger partial charge in [0.25, 0.3) is 0 Å². The van der Waals surface area contributed by atoms with E-state index in [2.05, 4.69) is 10.6 Å². The Morgan fingerprint density at radius 3 is 2.31 bits per heavy atom. The van der Waals surface area contributed by atoms with E-state index in [1.165, 1.54) is 19.2 Å². The lowest BCUT2D eigenvalue weighted by Crippen LogP contribution is -2.21. The molecule has 2 unspecified atom stereocenters. The minimum Gasteiger partial charge on any atom is -0.495 e. The fourth-order valence-corrected chi connectivity index (χ4v) is 2.78. The lowest BCUT2D eigenvalue weighted by molar-refractivity contribution is -0.122. The second-order valence-corrected chi connectivity index (χ2v) is 6.30. The molecular weight excluding hydrogens is 366 g/mol. The molecule has 0 saturated heterocycles. The smallest absolute Gasteiger partial charge is 0.228 e. The molecule has 0 aliphatic heterocycles. The largest absolute Gasteiger partial charge is 0.495 e. The first-order valence-corrected chi connectivity index (χ1v) is 8.17. The van der Waals surface area contributed by atoms with Crippen molar-refractivity contribution in [3.63, 3.8) is 0 Å². The van der Waals surface area contributed by atoms with Crippen LogP contribution < -0.4 is 15.4 Å². The number of methoxy groups -OCH3 is 1. The van der Waals surface area contributed by atoms with Crippen LogP contribution in [0, 0.1) is 23.5 Å². The summed E-state index contributed by atoms with van der Waals surface area (Å²) in [6.07, 6.45) is 0.288. The van der Waals surface area contributed by atoms with Gasteiger partial charge >= 0.3 is 0 Å². The number of amides is 2. The van der Waals surface area contributed by atoms with Crippen molar-refractivity contribution in [1.82, 2.24) is 0 Å². The van der Waals surface area contributed by atoms with E-state index in [-0.39, 0.29) is 12.3 Å². The predicted octanol–water partition coefficient (Wildman–Crippen LogP) is 3.84. The summed E-state index contributed by atoms with van der Waals surface area (Å²) in [7, 11) is 1.45. The number of halogens is 3. The van der Waals surface area contributed by atoms with Crippen molar-refractivity contribution < 1.29 is 23.1 Å². The van der Waals surface area contributed by atoms with Crippen LogP contribution in [0.2, 0.25) is 5.02 Å². The monoisotopic (exact) mass is 380 g/mol. The fourth-order valence-electron chi connectivity index (χ4n) is 2.61. The van der Waals surface area contributed by atoms with Gasteiger partial charge in [-0.05, 0) is 36.8 Å². The van der Waals surface area contributed by atoms with Crippen LogP contribution in [0.5, 0.6) is 5.75 Å². The molecule has 2 atom stereocenters. The fraction of sp³-hybridized carbons (Fsp3) is 0.222. The van der Waals surface area contributed by atoms with Crippen LogP contribution in [0.4, 0.5) is 20.2 Å². The highest BCUT2D eigenvalue weighted by atomic mass is 35.5. The van der Waals surface area contributed by atoms with Crippen LogP contribution in [0.25, 0.3) is 0 Å². The Labute approximate surface area is 153 Å². The zero-order valence-electron chi connectivity index (χ0n) is 13.7. The number of ether oxygens (including phenoxy) is 1. The molecule has 2 amide bonds. The summed E-state index contributed by atoms with van der Waals surface area (Å²) in [5.74, 6) is -3.55. The Morgan fingerprint density at radius 2 is 1.69 bits per heavy atom. The molecule has 0 radical (unpaired) electrons. The predicted molar refractivity (Wildman–Crippen MR) is 93.2 cm³/mol. The average molecular weight is 381 g/mol. The van der Waals surface area contributed by atoms with Gasteiger partial charge in [0.2, 0.25) is 11.8 Å². The second-order valence-electron chi connectivity index (χ2n) is 5.87. The van der Waals surface area contributed by atoms with Crippen molar-refractivity contribution in [1.29, 1.82) is 0 Å². The van der Waals surface area contributed by atoms with Gasteiger partial charge in [0.1, 0.15) is 23.1 Å². The van der Waals surface area contributed by atoms with Crippen LogP contribution in [0.15, 0.2) is 36.4 Å². The number of hydrogen-bond donors (Lipinski definition) is 2. The van der Waals surface area contributed by atoms with Gasteiger partial charge in [0.05, 0.1) is 24.6 Å². The molecule has 26 heavy (non-hydrogen) atoms. The first kappa shape index (κ1) is 18.1. The van der Waals surface area contributed by atoms with Crippen molar-refractivity contribution in [3.8, 4) is 5.75 Å². The molecule has 8 heteroatoms. The van der Waals surface area contributed by atoms with Crippen molar-refractivity contribution in [2.45, 2.75) is 6.42 Å². The van der Waals surface area contributed by atoms with Gasteiger partial charge in [-0.15, -0.1) is 0 Å². The molecule has 3 rings (SSSR count). The summed E-state index contributed by atoms with van der Waals surface area (Å²) in [4.78, 5) is 24.5. The van der Waals surface area contributed by atoms with Gasteiger partial charge in [-0.25, -0.2) is 8.78 Å². The highest BCUT2D eigenvalue weighted by Gasteiger charge is 2.48. The maximum absolute atomic E-state index is 13.6. The summed E-state index contributed by atoms with van der Waals surface area (Å²) in [6, 6.07) is 8.04. The molecule has 2 aromatic rings. The number of rotatable bonds is 5. The second kappa shape index (κ2) is 7.29. The molecule has 2 aromatic carbocycles. The molecular formula is C18H15ClF2N2O3. The maximum atomic E-state index is 13.6. The maximum Gasteiger partial charge on any atom is 0.228 e. The number of nitrogens with one attached hydrogen (secondary N) is 2. The van der Waals surface area contributed by atoms with E-state index in [4.69, 9.17) is 16.3 Å². The topological polar surface area (TPSA) is 67.4 Å². The summed E-state index contributed by atoms with van der Waals surface area (Å²) in [5, 5.41) is 5.28. The van der Waals surface area contributed by atoms with Crippen LogP contribution in [-0.4, -0.2) is 18.9 Å². The molecule has 1 aliphatic rings. The molecule has 5 nitrogen and oxygen atoms in total. The quantitative estimate of drug-likeness (QED) is 0.828. The molecule has 1 fully saturated rings. The third-order valence-corrected chi connectivity index (χ3v) is 4.33. The highest BCUT2D eigenvalue weighted by molar-refractivity contribution is 6.31. The number of hydrogen-bond acceptors (Lipinski definition) is 3. The van der Waals surface area contributed by atoms with Crippen molar-refractivity contribution in [2.75, 3.05) is 17.7 Å². The average Bonchev–Trinajstić information content (AvgIpc) is 3.39. The molecule has 136 valence electrons. The summed E-state index contributed by atoms with van der Waals surface area (Å²) >= 11 is 5.91. The number of carbonyl (C=O) groups excluding carboxylic acids is 2. The molecule has 0 aromatic heterocycles. The van der Waals surface area contributed by atoms with E-state index >= 15 is 0 Å². The van der Waals surface area contributed by atoms with Crippen LogP contribution in [-0.2, 0) is 9.59 Å². The van der Waals surface area contributed by atoms with E-state index in [0.717, 1.165) is 12.1 Å². The van der Waals surface area contributed by atoms with Crippen molar-refractivity contribution in [2.24, 2.45) is 11.8 Å². The zero-order valence-corrected chi connectivity index (χ0v) is 14.4. The first-order chi connectivity index (χ1) is 12.4. The summed E-state index contributed by atoms with van der Waals surface area (Å²) in [5.41, 5.74) is -0.128. The van der Waals surface area contributed by atoms with E-state index in [9.17, 15) is 18.4 Å². The number of carbonyl (C=O) groups is 2. The van der Waals surface area contributed by atoms with E-state index < -0.39 is 35.1 Å². The zero-order chi connectivity index (χ0) is 18.8. The van der Waals surface area contributed by atoms with Gasteiger partial charge in [-0.2, -0.15) is 0 Å². The summed E-state index contributed by atoms with van der Waals surface area (Å²) < 4.78 is 32.3. The lowest BCUT2D eigenvalue weighted by Gasteiger charge is -2.11. The van der Waals surface area contributed by atoms with E-state index in [0.29, 0.717) is 16.5 Å². The Bertz CT molecular complexity index is 855. The highest BCUT2D eigenvalue weighted by Crippen LogP contribution is 2.41. The molecule has 0 bridgehead atoms. The number of para-hydroxylation sites is 1. The minimum absolute atomic E-state index is 0.288. The first-order valence-electron chi connectivity index (χ1n) is 7.80. The van der Waals surface area contributed by atoms with Gasteiger partial charge < -0.3 is 15.4 Å². The van der Waals surface area contributed by atoms with Gasteiger partial charge in [0.15, 0.2) is 0 Å². The molecule has 0 spiro atoms. The van der Waals surface area contributed by atoms with Gasteiger partial charge in [0, 0.05) is 5.02 Å². The van der Waals surface area contributed by atoms with Crippen LogP contribution in [0.3, 0.4) is 0 Å². The number of benzene rings is 2. The van der Waals surface area contributed by atoms with Crippen molar-refractivity contribution >= 4 is 34.8 Å². The third kappa shape index (κ3) is 3.77. The molecule has 2 N–H and O–H groups in total. The van der Waals surface area contributed by atoms with Crippen LogP contribution in [0.1, 0.15) is 6.42 Å². The Hall–Kier alpha value is -2.67. The molecule has 0 heterocycles. The Morgan fingerprint density at radius 1 is 1.08 bits per heavy atom. The summed E-state index contributed by atoms with van der Waals surface area (Å²) in [6.45, 7) is 0. The SMILES string of the molecule is COc1ccc(Cl)cc1NC(=O)C1CC1C(=O)Nc1c(F)cccc1F. The van der Waals surface area contributed by atoms with Gasteiger partial charge in [-0.1, -0.05) is 17.7 Å². The lowest BCUT2D eigenvalue weighted by atomic mass is 10.2. The molecule has 1 saturated carbocycles. The standard InChI is InChI=1S/C18H15ClF2N2O3/c1-26-15-6-5-9(19)7-14(15)22-17(24)10-8-11(10)18(25)23-16-12(20)3-2-4-13(16)21/h2-7,10-11H,8H2,1H3,(H,22,24)(H,23,25). The van der Waals surface area contributed by atoms with E-state index in [1.54, 1.807) is 12.1 Å². The Kier molecular flexibility index (Phi) is 5.08. The third-order valence-electron chi connectivity index (χ3n) is 4.09. The van der Waals surface area contributed by atoms with Crippen LogP contribution >= 0.6 is 11.6 Å². The normalized spacial score (nSPS) is 18.2. The molecule has 1 aliphatic carbocycles. The van der Waals surface area contributed by atoms with Crippen molar-refractivity contribution in [3.05, 3.63) is 53.1 Å². The van der Waals surface area contributed by atoms with Gasteiger partial charge in [-0.3, -0.25) is 9.59 Å². The Balaban J connectivity index is 1.64. The number of anilines is 2. The van der Waals surface area contributed by atoms with E-state index in [1.807, 2.05) is 0 Å².